The summed E-state index contributed by atoms with van der Waals surface area (Å²) >= 11 is 0. The molecule has 0 amide bonds. The topological polar surface area (TPSA) is 73.6 Å². The van der Waals surface area contributed by atoms with Crippen molar-refractivity contribution in [2.24, 2.45) is 5.73 Å². The lowest BCUT2D eigenvalue weighted by Gasteiger charge is -2.20. The Morgan fingerprint density at radius 2 is 2.17 bits per heavy atom. The highest BCUT2D eigenvalue weighted by molar-refractivity contribution is 5.76. The molecule has 0 heterocycles. The smallest absolute Gasteiger partial charge is 0.324 e. The number of benzene rings is 1. The first-order valence-corrected chi connectivity index (χ1v) is 5.80. The van der Waals surface area contributed by atoms with Gasteiger partial charge in [-0.05, 0) is 24.6 Å². The second-order valence-electron chi connectivity index (χ2n) is 3.98. The van der Waals surface area contributed by atoms with Crippen molar-refractivity contribution in [3.8, 4) is 5.75 Å². The van der Waals surface area contributed by atoms with Gasteiger partial charge < -0.3 is 15.2 Å². The molecule has 1 aromatic rings. The summed E-state index contributed by atoms with van der Waals surface area (Å²) in [6, 6.07) is 7.14. The van der Waals surface area contributed by atoms with Crippen LogP contribution >= 0.6 is 0 Å². The standard InChI is InChI=1S/C13H20N2O3/c1-9(15-12(8-14)13(16)18-3)10-5-4-6-11(7-10)17-2/h4-7,9,12,15H,8,14H2,1-3H3/t9-,12?/m1/s1. The first kappa shape index (κ1) is 14.5. The van der Waals surface area contributed by atoms with Gasteiger partial charge in [0, 0.05) is 12.6 Å². The molecule has 2 atom stereocenters. The first-order chi connectivity index (χ1) is 8.62. The molecule has 5 heteroatoms. The zero-order valence-electron chi connectivity index (χ0n) is 11.0. The van der Waals surface area contributed by atoms with Gasteiger partial charge in [0.15, 0.2) is 0 Å². The van der Waals surface area contributed by atoms with Crippen molar-refractivity contribution in [2.45, 2.75) is 19.0 Å². The fourth-order valence-corrected chi connectivity index (χ4v) is 1.68. The molecule has 0 saturated carbocycles. The van der Waals surface area contributed by atoms with E-state index in [9.17, 15) is 4.79 Å². The van der Waals surface area contributed by atoms with E-state index >= 15 is 0 Å². The number of nitrogens with two attached hydrogens (primary N) is 1. The van der Waals surface area contributed by atoms with Crippen molar-refractivity contribution >= 4 is 5.97 Å². The summed E-state index contributed by atoms with van der Waals surface area (Å²) in [7, 11) is 2.97. The molecule has 18 heavy (non-hydrogen) atoms. The summed E-state index contributed by atoms with van der Waals surface area (Å²) in [5.41, 5.74) is 6.57. The van der Waals surface area contributed by atoms with Crippen LogP contribution in [0.4, 0.5) is 0 Å². The van der Waals surface area contributed by atoms with Gasteiger partial charge in [0.2, 0.25) is 0 Å². The van der Waals surface area contributed by atoms with E-state index in [1.165, 1.54) is 7.11 Å². The number of methoxy groups -OCH3 is 2. The molecule has 100 valence electrons. The summed E-state index contributed by atoms with van der Waals surface area (Å²) in [5.74, 6) is 0.427. The van der Waals surface area contributed by atoms with E-state index in [1.807, 2.05) is 31.2 Å². The van der Waals surface area contributed by atoms with Gasteiger partial charge in [0.25, 0.3) is 0 Å². The minimum atomic E-state index is -0.504. The van der Waals surface area contributed by atoms with Gasteiger partial charge in [-0.15, -0.1) is 0 Å². The minimum absolute atomic E-state index is 0.0206. The van der Waals surface area contributed by atoms with Crippen LogP contribution in [0.25, 0.3) is 0 Å². The largest absolute Gasteiger partial charge is 0.497 e. The summed E-state index contributed by atoms with van der Waals surface area (Å²) in [6.45, 7) is 2.15. The van der Waals surface area contributed by atoms with Gasteiger partial charge in [-0.25, -0.2) is 0 Å². The van der Waals surface area contributed by atoms with E-state index in [0.717, 1.165) is 11.3 Å². The molecular formula is C13H20N2O3. The number of nitrogens with one attached hydrogen (secondary N) is 1. The molecule has 0 aliphatic rings. The minimum Gasteiger partial charge on any atom is -0.497 e. The highest BCUT2D eigenvalue weighted by atomic mass is 16.5. The first-order valence-electron chi connectivity index (χ1n) is 5.80. The Labute approximate surface area is 107 Å². The van der Waals surface area contributed by atoms with Gasteiger partial charge in [-0.1, -0.05) is 12.1 Å². The molecule has 0 radical (unpaired) electrons. The van der Waals surface area contributed by atoms with Crippen molar-refractivity contribution in [3.05, 3.63) is 29.8 Å². The van der Waals surface area contributed by atoms with Crippen LogP contribution in [0.3, 0.4) is 0 Å². The second-order valence-corrected chi connectivity index (χ2v) is 3.98. The maximum atomic E-state index is 11.4. The molecule has 0 aliphatic heterocycles. The Kier molecular flexibility index (Phi) is 5.61. The fourth-order valence-electron chi connectivity index (χ4n) is 1.68. The SMILES string of the molecule is COC(=O)C(CN)N[C@H](C)c1cccc(OC)c1. The van der Waals surface area contributed by atoms with Crippen LogP contribution in [0, 0.1) is 0 Å². The second kappa shape index (κ2) is 6.98. The molecule has 3 N–H and O–H groups in total. The van der Waals surface area contributed by atoms with Crippen LogP contribution in [-0.2, 0) is 9.53 Å². The Morgan fingerprint density at radius 3 is 2.72 bits per heavy atom. The lowest BCUT2D eigenvalue weighted by Crippen LogP contribution is -2.44. The van der Waals surface area contributed by atoms with Crippen LogP contribution < -0.4 is 15.8 Å². The monoisotopic (exact) mass is 252 g/mol. The number of esters is 1. The highest BCUT2D eigenvalue weighted by Gasteiger charge is 2.20. The molecule has 1 unspecified atom stereocenters. The van der Waals surface area contributed by atoms with Crippen LogP contribution in [0.15, 0.2) is 24.3 Å². The Hall–Kier alpha value is -1.59. The molecule has 0 spiro atoms. The lowest BCUT2D eigenvalue weighted by atomic mass is 10.1. The molecule has 0 bridgehead atoms. The van der Waals surface area contributed by atoms with Crippen LogP contribution in [0.2, 0.25) is 0 Å². The van der Waals surface area contributed by atoms with E-state index in [-0.39, 0.29) is 18.6 Å². The normalized spacial score (nSPS) is 13.8. The van der Waals surface area contributed by atoms with Crippen molar-refractivity contribution < 1.29 is 14.3 Å². The Balaban J connectivity index is 2.73. The van der Waals surface area contributed by atoms with Crippen LogP contribution in [-0.4, -0.2) is 32.8 Å². The quantitative estimate of drug-likeness (QED) is 0.734. The van der Waals surface area contributed by atoms with Gasteiger partial charge >= 0.3 is 5.97 Å². The number of ether oxygens (including phenoxy) is 2. The van der Waals surface area contributed by atoms with Gasteiger partial charge in [-0.3, -0.25) is 10.1 Å². The fraction of sp³-hybridized carbons (Fsp3) is 0.462. The Morgan fingerprint density at radius 1 is 1.44 bits per heavy atom. The molecule has 0 aromatic heterocycles. The highest BCUT2D eigenvalue weighted by Crippen LogP contribution is 2.19. The molecule has 1 rings (SSSR count). The zero-order valence-corrected chi connectivity index (χ0v) is 11.0. The number of carbonyl (C=O) groups excluding carboxylic acids is 1. The summed E-state index contributed by atoms with van der Waals surface area (Å²) in [6.07, 6.45) is 0. The van der Waals surface area contributed by atoms with Gasteiger partial charge in [-0.2, -0.15) is 0 Å². The Bertz CT molecular complexity index is 396. The maximum absolute atomic E-state index is 11.4. The predicted molar refractivity (Wildman–Crippen MR) is 69.4 cm³/mol. The van der Waals surface area contributed by atoms with Crippen molar-refractivity contribution in [2.75, 3.05) is 20.8 Å². The third-order valence-electron chi connectivity index (χ3n) is 2.77. The van der Waals surface area contributed by atoms with Crippen molar-refractivity contribution in [1.29, 1.82) is 0 Å². The lowest BCUT2D eigenvalue weighted by molar-refractivity contribution is -0.143. The van der Waals surface area contributed by atoms with Crippen molar-refractivity contribution in [1.82, 2.24) is 5.32 Å². The van der Waals surface area contributed by atoms with Gasteiger partial charge in [0.05, 0.1) is 14.2 Å². The van der Waals surface area contributed by atoms with Crippen LogP contribution in [0.5, 0.6) is 5.75 Å². The molecule has 0 fully saturated rings. The molecule has 0 aliphatic carbocycles. The number of rotatable bonds is 6. The van der Waals surface area contributed by atoms with E-state index in [0.29, 0.717) is 0 Å². The summed E-state index contributed by atoms with van der Waals surface area (Å²) in [4.78, 5) is 11.4. The van der Waals surface area contributed by atoms with E-state index in [2.05, 4.69) is 10.1 Å². The average Bonchev–Trinajstić information content (AvgIpc) is 2.43. The number of hydrogen-bond acceptors (Lipinski definition) is 5. The van der Waals surface area contributed by atoms with Gasteiger partial charge in [0.1, 0.15) is 11.8 Å². The molecular weight excluding hydrogens is 232 g/mol. The molecule has 1 aromatic carbocycles. The number of hydrogen-bond donors (Lipinski definition) is 2. The average molecular weight is 252 g/mol. The molecule has 0 saturated heterocycles. The predicted octanol–water partition coefficient (Wildman–Crippen LogP) is 0.846. The van der Waals surface area contributed by atoms with E-state index in [4.69, 9.17) is 10.5 Å². The number of carbonyl (C=O) groups is 1. The van der Waals surface area contributed by atoms with E-state index < -0.39 is 6.04 Å². The zero-order chi connectivity index (χ0) is 13.5. The van der Waals surface area contributed by atoms with Crippen LogP contribution in [0.1, 0.15) is 18.5 Å². The third kappa shape index (κ3) is 3.72. The molecule has 5 nitrogen and oxygen atoms in total. The van der Waals surface area contributed by atoms with E-state index in [1.54, 1.807) is 7.11 Å². The summed E-state index contributed by atoms with van der Waals surface area (Å²) < 4.78 is 9.84. The third-order valence-corrected chi connectivity index (χ3v) is 2.77. The van der Waals surface area contributed by atoms with Crippen molar-refractivity contribution in [3.63, 3.8) is 0 Å². The summed E-state index contributed by atoms with van der Waals surface area (Å²) in [5, 5.41) is 3.13. The maximum Gasteiger partial charge on any atom is 0.324 e.